The Balaban J connectivity index is 2.30. The van der Waals surface area contributed by atoms with Crippen molar-refractivity contribution in [3.05, 3.63) is 53.0 Å². The Morgan fingerprint density at radius 3 is 2.50 bits per heavy atom. The highest BCUT2D eigenvalue weighted by molar-refractivity contribution is 9.10. The molecule has 0 aliphatic rings. The summed E-state index contributed by atoms with van der Waals surface area (Å²) in [7, 11) is 2.33. The van der Waals surface area contributed by atoms with Gasteiger partial charge >= 0.3 is 0 Å². The first-order valence-electron chi connectivity index (χ1n) is 4.95. The standard InChI is InChI=1S/C13H11BrOSi/c1-15-12-8-7-10(14)9-13(12)16-11-5-3-2-4-6-11/h2-9H,1H3. The van der Waals surface area contributed by atoms with Gasteiger partial charge in [-0.1, -0.05) is 51.4 Å². The second kappa shape index (κ2) is 5.32. The molecule has 0 unspecified atom stereocenters. The lowest BCUT2D eigenvalue weighted by Gasteiger charge is -2.08. The molecule has 0 spiro atoms. The van der Waals surface area contributed by atoms with Crippen LogP contribution in [0.25, 0.3) is 0 Å². The van der Waals surface area contributed by atoms with Gasteiger partial charge in [0.2, 0.25) is 0 Å². The van der Waals surface area contributed by atoms with E-state index in [9.17, 15) is 0 Å². The van der Waals surface area contributed by atoms with E-state index >= 15 is 0 Å². The molecule has 0 aromatic heterocycles. The number of rotatable bonds is 3. The molecule has 0 fully saturated rings. The highest BCUT2D eigenvalue weighted by Gasteiger charge is 2.05. The molecule has 2 radical (unpaired) electrons. The van der Waals surface area contributed by atoms with Crippen LogP contribution in [0.5, 0.6) is 5.75 Å². The van der Waals surface area contributed by atoms with Crippen molar-refractivity contribution in [2.75, 3.05) is 7.11 Å². The second-order valence-corrected chi connectivity index (χ2v) is 5.62. The van der Waals surface area contributed by atoms with E-state index in [1.54, 1.807) is 7.11 Å². The largest absolute Gasteiger partial charge is 0.497 e. The van der Waals surface area contributed by atoms with Gasteiger partial charge in [0, 0.05) is 4.47 Å². The van der Waals surface area contributed by atoms with Crippen molar-refractivity contribution in [1.82, 2.24) is 0 Å². The molecule has 3 heteroatoms. The maximum atomic E-state index is 5.36. The van der Waals surface area contributed by atoms with E-state index in [0.717, 1.165) is 10.2 Å². The number of ether oxygens (including phenoxy) is 1. The summed E-state index contributed by atoms with van der Waals surface area (Å²) in [6, 6.07) is 16.5. The van der Waals surface area contributed by atoms with E-state index in [-0.39, 0.29) is 0 Å². The first kappa shape index (κ1) is 11.4. The number of methoxy groups -OCH3 is 1. The average Bonchev–Trinajstić information content (AvgIpc) is 2.31. The van der Waals surface area contributed by atoms with Crippen LogP contribution in [-0.2, 0) is 0 Å². The smallest absolute Gasteiger partial charge is 0.126 e. The van der Waals surface area contributed by atoms with E-state index in [1.807, 2.05) is 18.2 Å². The van der Waals surface area contributed by atoms with Crippen LogP contribution in [0.4, 0.5) is 0 Å². The topological polar surface area (TPSA) is 9.23 Å². The first-order chi connectivity index (χ1) is 7.79. The maximum absolute atomic E-state index is 5.36. The molecule has 0 bridgehead atoms. The van der Waals surface area contributed by atoms with E-state index in [1.165, 1.54) is 10.4 Å². The Kier molecular flexibility index (Phi) is 3.80. The average molecular weight is 291 g/mol. The third-order valence-electron chi connectivity index (χ3n) is 2.21. The Morgan fingerprint density at radius 2 is 1.81 bits per heavy atom. The minimum Gasteiger partial charge on any atom is -0.497 e. The highest BCUT2D eigenvalue weighted by atomic mass is 79.9. The van der Waals surface area contributed by atoms with Crippen LogP contribution >= 0.6 is 15.9 Å². The van der Waals surface area contributed by atoms with E-state index < -0.39 is 0 Å². The monoisotopic (exact) mass is 290 g/mol. The molecule has 0 atom stereocenters. The van der Waals surface area contributed by atoms with Gasteiger partial charge in [-0.3, -0.25) is 0 Å². The molecule has 2 aromatic rings. The first-order valence-corrected chi connectivity index (χ1v) is 6.74. The van der Waals surface area contributed by atoms with Gasteiger partial charge in [0.15, 0.2) is 0 Å². The summed E-state index contributed by atoms with van der Waals surface area (Å²) in [5, 5.41) is 2.54. The van der Waals surface area contributed by atoms with Crippen molar-refractivity contribution in [3.8, 4) is 5.75 Å². The molecule has 80 valence electrons. The Labute approximate surface area is 106 Å². The lowest BCUT2D eigenvalue weighted by atomic mass is 10.3. The third kappa shape index (κ3) is 2.74. The van der Waals surface area contributed by atoms with Crippen LogP contribution in [0.3, 0.4) is 0 Å². The molecular weight excluding hydrogens is 280 g/mol. The van der Waals surface area contributed by atoms with Gasteiger partial charge in [0.05, 0.1) is 7.11 Å². The van der Waals surface area contributed by atoms with Gasteiger partial charge in [0.25, 0.3) is 0 Å². The molecule has 0 saturated carbocycles. The van der Waals surface area contributed by atoms with Crippen LogP contribution in [0, 0.1) is 0 Å². The lowest BCUT2D eigenvalue weighted by molar-refractivity contribution is 0.418. The summed E-state index contributed by atoms with van der Waals surface area (Å²) in [6.45, 7) is 0. The molecular formula is C13H11BrOSi. The van der Waals surface area contributed by atoms with Gasteiger partial charge in [-0.15, -0.1) is 0 Å². The second-order valence-electron chi connectivity index (χ2n) is 3.34. The van der Waals surface area contributed by atoms with Crippen LogP contribution in [0.15, 0.2) is 53.0 Å². The number of hydrogen-bond donors (Lipinski definition) is 0. The van der Waals surface area contributed by atoms with Crippen molar-refractivity contribution in [2.45, 2.75) is 0 Å². The Bertz CT molecular complexity index is 471. The van der Waals surface area contributed by atoms with Crippen molar-refractivity contribution >= 4 is 35.8 Å². The van der Waals surface area contributed by atoms with E-state index in [0.29, 0.717) is 9.52 Å². The van der Waals surface area contributed by atoms with Gasteiger partial charge < -0.3 is 4.74 Å². The summed E-state index contributed by atoms with van der Waals surface area (Å²) < 4.78 is 6.45. The number of halogens is 1. The zero-order chi connectivity index (χ0) is 11.4. The van der Waals surface area contributed by atoms with Crippen molar-refractivity contribution in [3.63, 3.8) is 0 Å². The molecule has 0 N–H and O–H groups in total. The molecule has 0 aliphatic carbocycles. The fourth-order valence-corrected chi connectivity index (χ4v) is 3.23. The van der Waals surface area contributed by atoms with Crippen molar-refractivity contribution in [1.29, 1.82) is 0 Å². The molecule has 2 rings (SSSR count). The van der Waals surface area contributed by atoms with Gasteiger partial charge in [-0.2, -0.15) is 0 Å². The predicted molar refractivity (Wildman–Crippen MR) is 72.2 cm³/mol. The molecule has 0 saturated heterocycles. The zero-order valence-corrected chi connectivity index (χ0v) is 11.5. The molecule has 0 heterocycles. The molecule has 2 aromatic carbocycles. The predicted octanol–water partition coefficient (Wildman–Crippen LogP) is 2.11. The molecule has 0 amide bonds. The summed E-state index contributed by atoms with van der Waals surface area (Å²) in [6.07, 6.45) is 0. The molecule has 1 nitrogen and oxygen atoms in total. The van der Waals surface area contributed by atoms with Crippen LogP contribution < -0.4 is 15.1 Å². The summed E-state index contributed by atoms with van der Waals surface area (Å²) in [4.78, 5) is 0. The lowest BCUT2D eigenvalue weighted by Crippen LogP contribution is -2.28. The van der Waals surface area contributed by atoms with Crippen LogP contribution in [0.2, 0.25) is 0 Å². The van der Waals surface area contributed by atoms with Crippen molar-refractivity contribution in [2.24, 2.45) is 0 Å². The van der Waals surface area contributed by atoms with Crippen molar-refractivity contribution < 1.29 is 4.74 Å². The van der Waals surface area contributed by atoms with Gasteiger partial charge in [-0.25, -0.2) is 0 Å². The van der Waals surface area contributed by atoms with Gasteiger partial charge in [0.1, 0.15) is 15.3 Å². The highest BCUT2D eigenvalue weighted by Crippen LogP contribution is 2.13. The Hall–Kier alpha value is -1.06. The maximum Gasteiger partial charge on any atom is 0.126 e. The minimum absolute atomic E-state index is 0.624. The third-order valence-corrected chi connectivity index (χ3v) is 3.99. The normalized spacial score (nSPS) is 10.1. The fourth-order valence-electron chi connectivity index (χ4n) is 1.45. The zero-order valence-electron chi connectivity index (χ0n) is 8.91. The SMILES string of the molecule is COc1ccc(Br)cc1[Si]c1ccccc1. The fraction of sp³-hybridized carbons (Fsp3) is 0.0769. The summed E-state index contributed by atoms with van der Waals surface area (Å²) in [5.41, 5.74) is 0. The minimum atomic E-state index is 0.624. The van der Waals surface area contributed by atoms with E-state index in [4.69, 9.17) is 4.74 Å². The molecule has 0 aliphatic heterocycles. The number of hydrogen-bond acceptors (Lipinski definition) is 1. The van der Waals surface area contributed by atoms with Crippen LogP contribution in [0.1, 0.15) is 0 Å². The van der Waals surface area contributed by atoms with Crippen LogP contribution in [-0.4, -0.2) is 16.6 Å². The molecule has 16 heavy (non-hydrogen) atoms. The summed E-state index contributed by atoms with van der Waals surface area (Å²) >= 11 is 3.49. The number of benzene rings is 2. The quantitative estimate of drug-likeness (QED) is 0.787. The summed E-state index contributed by atoms with van der Waals surface area (Å²) in [5.74, 6) is 0.949. The van der Waals surface area contributed by atoms with Gasteiger partial charge in [-0.05, 0) is 23.4 Å². The van der Waals surface area contributed by atoms with E-state index in [2.05, 4.69) is 46.3 Å². The Morgan fingerprint density at radius 1 is 1.06 bits per heavy atom.